The van der Waals surface area contributed by atoms with Crippen LogP contribution in [0.3, 0.4) is 0 Å². The summed E-state index contributed by atoms with van der Waals surface area (Å²) in [4.78, 5) is 41.3. The molecule has 0 aliphatic carbocycles. The first-order valence-electron chi connectivity index (χ1n) is 9.85. The topological polar surface area (TPSA) is 97.8 Å². The van der Waals surface area contributed by atoms with Gasteiger partial charge in [-0.05, 0) is 30.3 Å². The molecule has 0 atom stereocenters. The van der Waals surface area contributed by atoms with Gasteiger partial charge in [-0.3, -0.25) is 4.79 Å². The van der Waals surface area contributed by atoms with Gasteiger partial charge in [0.25, 0.3) is 5.91 Å². The Hall–Kier alpha value is -4.01. The van der Waals surface area contributed by atoms with Crippen molar-refractivity contribution in [3.63, 3.8) is 0 Å². The number of hydrogen-bond donors (Lipinski definition) is 0. The Bertz CT molecular complexity index is 1020. The number of amides is 1. The van der Waals surface area contributed by atoms with E-state index in [0.717, 1.165) is 0 Å². The van der Waals surface area contributed by atoms with Gasteiger partial charge in [0.1, 0.15) is 11.3 Å². The summed E-state index contributed by atoms with van der Waals surface area (Å²) in [6, 6.07) is 13.9. The molecule has 9 nitrogen and oxygen atoms in total. The van der Waals surface area contributed by atoms with Crippen molar-refractivity contribution in [3.8, 4) is 11.6 Å². The van der Waals surface area contributed by atoms with Crippen LogP contribution in [-0.2, 0) is 9.53 Å². The first-order valence-corrected chi connectivity index (χ1v) is 9.85. The first kappa shape index (κ1) is 20.3. The fraction of sp³-hybridized carbons (Fsp3) is 0.227. The van der Waals surface area contributed by atoms with Crippen molar-refractivity contribution in [1.82, 2.24) is 19.9 Å². The Morgan fingerprint density at radius 1 is 0.839 bits per heavy atom. The molecule has 1 fully saturated rings. The smallest absolute Gasteiger partial charge is 0.344 e. The van der Waals surface area contributed by atoms with Crippen molar-refractivity contribution in [3.05, 3.63) is 72.7 Å². The molecule has 1 aromatic carbocycles. The molecule has 2 aromatic heterocycles. The molecule has 0 saturated carbocycles. The Morgan fingerprint density at radius 3 is 2.29 bits per heavy atom. The second kappa shape index (κ2) is 9.66. The van der Waals surface area contributed by atoms with Gasteiger partial charge >= 0.3 is 5.97 Å². The van der Waals surface area contributed by atoms with E-state index in [0.29, 0.717) is 37.9 Å². The van der Waals surface area contributed by atoms with E-state index in [-0.39, 0.29) is 24.0 Å². The lowest BCUT2D eigenvalue weighted by molar-refractivity contribution is -0.134. The quantitative estimate of drug-likeness (QED) is 0.561. The first-order chi connectivity index (χ1) is 15.2. The molecular formula is C22H21N5O4. The van der Waals surface area contributed by atoms with Gasteiger partial charge < -0.3 is 19.3 Å². The zero-order valence-corrected chi connectivity index (χ0v) is 16.8. The summed E-state index contributed by atoms with van der Waals surface area (Å²) in [6.45, 7) is 1.89. The van der Waals surface area contributed by atoms with Crippen LogP contribution < -0.4 is 9.64 Å². The van der Waals surface area contributed by atoms with Crippen LogP contribution in [0.4, 0.5) is 5.95 Å². The highest BCUT2D eigenvalue weighted by Gasteiger charge is 2.24. The van der Waals surface area contributed by atoms with E-state index in [1.807, 2.05) is 23.1 Å². The van der Waals surface area contributed by atoms with E-state index in [1.54, 1.807) is 47.6 Å². The number of pyridine rings is 1. The number of rotatable bonds is 6. The van der Waals surface area contributed by atoms with Crippen molar-refractivity contribution in [2.24, 2.45) is 0 Å². The fourth-order valence-electron chi connectivity index (χ4n) is 3.13. The summed E-state index contributed by atoms with van der Waals surface area (Å²) in [5.74, 6) is 0.401. The minimum Gasteiger partial charge on any atom is -0.452 e. The molecule has 31 heavy (non-hydrogen) atoms. The third kappa shape index (κ3) is 5.13. The van der Waals surface area contributed by atoms with Gasteiger partial charge in [-0.1, -0.05) is 18.2 Å². The standard InChI is InChI=1S/C22H21N5O4/c28-19(26-12-14-27(15-13-26)22-24-10-5-11-25-22)16-30-21(29)18-8-4-9-23-20(18)31-17-6-2-1-3-7-17/h1-11H,12-16H2. The Morgan fingerprint density at radius 2 is 1.55 bits per heavy atom. The number of carbonyl (C=O) groups excluding carboxylic acids is 2. The maximum Gasteiger partial charge on any atom is 0.344 e. The average Bonchev–Trinajstić information content (AvgIpc) is 2.84. The van der Waals surface area contributed by atoms with Crippen molar-refractivity contribution >= 4 is 17.8 Å². The second-order valence-corrected chi connectivity index (χ2v) is 6.76. The second-order valence-electron chi connectivity index (χ2n) is 6.76. The number of hydrogen-bond acceptors (Lipinski definition) is 8. The number of esters is 1. The highest BCUT2D eigenvalue weighted by molar-refractivity contribution is 5.93. The number of para-hydroxylation sites is 1. The number of anilines is 1. The van der Waals surface area contributed by atoms with Gasteiger partial charge in [0, 0.05) is 44.8 Å². The van der Waals surface area contributed by atoms with Crippen LogP contribution in [0, 0.1) is 0 Å². The van der Waals surface area contributed by atoms with Gasteiger partial charge in [-0.2, -0.15) is 0 Å². The summed E-state index contributed by atoms with van der Waals surface area (Å²) in [5, 5.41) is 0. The molecule has 0 radical (unpaired) electrons. The summed E-state index contributed by atoms with van der Waals surface area (Å²) in [5.41, 5.74) is 0.158. The largest absolute Gasteiger partial charge is 0.452 e. The van der Waals surface area contributed by atoms with Crippen molar-refractivity contribution in [2.75, 3.05) is 37.7 Å². The van der Waals surface area contributed by atoms with E-state index in [1.165, 1.54) is 6.20 Å². The summed E-state index contributed by atoms with van der Waals surface area (Å²) < 4.78 is 10.9. The van der Waals surface area contributed by atoms with Crippen LogP contribution in [0.2, 0.25) is 0 Å². The molecule has 158 valence electrons. The predicted octanol–water partition coefficient (Wildman–Crippen LogP) is 2.17. The molecular weight excluding hydrogens is 398 g/mol. The number of carbonyl (C=O) groups is 2. The molecule has 0 N–H and O–H groups in total. The average molecular weight is 419 g/mol. The zero-order chi connectivity index (χ0) is 21.5. The van der Waals surface area contributed by atoms with Crippen molar-refractivity contribution in [2.45, 2.75) is 0 Å². The van der Waals surface area contributed by atoms with Crippen molar-refractivity contribution in [1.29, 1.82) is 0 Å². The monoisotopic (exact) mass is 419 g/mol. The van der Waals surface area contributed by atoms with Gasteiger partial charge in [0.05, 0.1) is 0 Å². The molecule has 0 bridgehead atoms. The fourth-order valence-corrected chi connectivity index (χ4v) is 3.13. The van der Waals surface area contributed by atoms with Crippen LogP contribution in [0.25, 0.3) is 0 Å². The molecule has 4 rings (SSSR count). The number of benzene rings is 1. The van der Waals surface area contributed by atoms with Gasteiger partial charge in [-0.25, -0.2) is 19.7 Å². The van der Waals surface area contributed by atoms with Crippen LogP contribution in [0.5, 0.6) is 11.6 Å². The zero-order valence-electron chi connectivity index (χ0n) is 16.8. The number of ether oxygens (including phenoxy) is 2. The lowest BCUT2D eigenvalue weighted by Crippen LogP contribution is -2.50. The third-order valence-electron chi connectivity index (χ3n) is 4.74. The summed E-state index contributed by atoms with van der Waals surface area (Å²) in [6.07, 6.45) is 4.90. The molecule has 0 unspecified atom stereocenters. The van der Waals surface area contributed by atoms with Gasteiger partial charge in [0.15, 0.2) is 6.61 Å². The number of piperazine rings is 1. The van der Waals surface area contributed by atoms with E-state index in [4.69, 9.17) is 9.47 Å². The molecule has 3 aromatic rings. The van der Waals surface area contributed by atoms with Crippen molar-refractivity contribution < 1.29 is 19.1 Å². The minimum atomic E-state index is -0.663. The number of aromatic nitrogens is 3. The van der Waals surface area contributed by atoms with E-state index in [9.17, 15) is 9.59 Å². The van der Waals surface area contributed by atoms with Crippen LogP contribution in [0.15, 0.2) is 67.1 Å². The SMILES string of the molecule is O=C(OCC(=O)N1CCN(c2ncccn2)CC1)c1cccnc1Oc1ccccc1. The maximum absolute atomic E-state index is 12.5. The van der Waals surface area contributed by atoms with E-state index in [2.05, 4.69) is 15.0 Å². The Labute approximate surface area is 179 Å². The van der Waals surface area contributed by atoms with Gasteiger partial charge in [-0.15, -0.1) is 0 Å². The lowest BCUT2D eigenvalue weighted by Gasteiger charge is -2.34. The molecule has 1 aliphatic heterocycles. The lowest BCUT2D eigenvalue weighted by atomic mass is 10.2. The summed E-state index contributed by atoms with van der Waals surface area (Å²) >= 11 is 0. The molecule has 9 heteroatoms. The van der Waals surface area contributed by atoms with Crippen LogP contribution >= 0.6 is 0 Å². The van der Waals surface area contributed by atoms with Crippen LogP contribution in [-0.4, -0.2) is 64.5 Å². The summed E-state index contributed by atoms with van der Waals surface area (Å²) in [7, 11) is 0. The van der Waals surface area contributed by atoms with Gasteiger partial charge in [0.2, 0.25) is 11.8 Å². The molecule has 1 amide bonds. The minimum absolute atomic E-state index is 0.127. The Kier molecular flexibility index (Phi) is 6.32. The normalized spacial score (nSPS) is 13.5. The highest BCUT2D eigenvalue weighted by atomic mass is 16.5. The van der Waals surface area contributed by atoms with Crippen LogP contribution in [0.1, 0.15) is 10.4 Å². The van der Waals surface area contributed by atoms with E-state index >= 15 is 0 Å². The molecule has 0 spiro atoms. The molecule has 3 heterocycles. The highest BCUT2D eigenvalue weighted by Crippen LogP contribution is 2.23. The third-order valence-corrected chi connectivity index (χ3v) is 4.74. The Balaban J connectivity index is 1.31. The molecule has 1 saturated heterocycles. The predicted molar refractivity (Wildman–Crippen MR) is 112 cm³/mol. The van der Waals surface area contributed by atoms with E-state index < -0.39 is 5.97 Å². The maximum atomic E-state index is 12.5. The number of nitrogens with zero attached hydrogens (tertiary/aromatic N) is 5. The molecule has 1 aliphatic rings.